The van der Waals surface area contributed by atoms with Crippen LogP contribution < -0.4 is 5.32 Å². The first kappa shape index (κ1) is 10.4. The van der Waals surface area contributed by atoms with Crippen molar-refractivity contribution < 1.29 is 0 Å². The number of nitriles is 1. The number of rotatable bonds is 1. The Hall–Kier alpha value is -1.63. The van der Waals surface area contributed by atoms with Crippen LogP contribution in [0.2, 0.25) is 0 Å². The van der Waals surface area contributed by atoms with Gasteiger partial charge >= 0.3 is 0 Å². The Balaban J connectivity index is 0.000000561. The highest BCUT2D eigenvalue weighted by atomic mass is 15.1. The molecule has 0 amide bonds. The highest BCUT2D eigenvalue weighted by molar-refractivity contribution is 5.28. The molecular formula is C8H12N4. The molecule has 0 aromatic carbocycles. The van der Waals surface area contributed by atoms with Crippen LogP contribution in [0.1, 0.15) is 19.4 Å². The van der Waals surface area contributed by atoms with Gasteiger partial charge in [-0.3, -0.25) is 0 Å². The lowest BCUT2D eigenvalue weighted by atomic mass is 10.4. The van der Waals surface area contributed by atoms with Crippen molar-refractivity contribution in [2.45, 2.75) is 13.8 Å². The fourth-order valence-corrected chi connectivity index (χ4v) is 0.515. The molecule has 0 unspecified atom stereocenters. The Kier molecular flexibility index (Phi) is 5.28. The quantitative estimate of drug-likeness (QED) is 0.681. The van der Waals surface area contributed by atoms with Crippen LogP contribution in [0.4, 0.5) is 5.95 Å². The van der Waals surface area contributed by atoms with E-state index >= 15 is 0 Å². The van der Waals surface area contributed by atoms with Crippen molar-refractivity contribution in [2.24, 2.45) is 0 Å². The zero-order valence-electron chi connectivity index (χ0n) is 7.50. The molecule has 0 aliphatic rings. The number of hydrogen-bond donors (Lipinski definition) is 1. The fourth-order valence-electron chi connectivity index (χ4n) is 0.515. The van der Waals surface area contributed by atoms with Crippen molar-refractivity contribution in [3.63, 3.8) is 0 Å². The van der Waals surface area contributed by atoms with Gasteiger partial charge in [-0.15, -0.1) is 0 Å². The third-order valence-corrected chi connectivity index (χ3v) is 1.00. The van der Waals surface area contributed by atoms with E-state index in [1.165, 1.54) is 12.4 Å². The lowest BCUT2D eigenvalue weighted by Crippen LogP contribution is -1.94. The summed E-state index contributed by atoms with van der Waals surface area (Å²) in [7, 11) is 1.72. The summed E-state index contributed by atoms with van der Waals surface area (Å²) in [6.45, 7) is 4.00. The molecule has 1 N–H and O–H groups in total. The van der Waals surface area contributed by atoms with Crippen molar-refractivity contribution in [1.29, 1.82) is 5.26 Å². The molecule has 12 heavy (non-hydrogen) atoms. The second-order valence-corrected chi connectivity index (χ2v) is 1.66. The molecule has 0 saturated heterocycles. The van der Waals surface area contributed by atoms with Crippen LogP contribution in [0.25, 0.3) is 0 Å². The standard InChI is InChI=1S/C6H6N4.C2H6/c1-8-6-9-3-5(2-7)4-10-6;1-2/h3-4H,1H3,(H,8,9,10);1-2H3. The first-order chi connectivity index (χ1) is 5.86. The van der Waals surface area contributed by atoms with Crippen LogP contribution >= 0.6 is 0 Å². The van der Waals surface area contributed by atoms with E-state index in [0.29, 0.717) is 11.5 Å². The van der Waals surface area contributed by atoms with E-state index in [9.17, 15) is 0 Å². The maximum atomic E-state index is 8.35. The number of hydrogen-bond acceptors (Lipinski definition) is 4. The fraction of sp³-hybridized carbons (Fsp3) is 0.375. The molecule has 0 fully saturated rings. The predicted molar refractivity (Wildman–Crippen MR) is 47.6 cm³/mol. The zero-order valence-corrected chi connectivity index (χ0v) is 7.50. The minimum Gasteiger partial charge on any atom is -0.357 e. The largest absolute Gasteiger partial charge is 0.357 e. The Morgan fingerprint density at radius 3 is 2.17 bits per heavy atom. The Bertz CT molecular complexity index is 247. The normalized spacial score (nSPS) is 7.50. The van der Waals surface area contributed by atoms with Crippen molar-refractivity contribution in [3.8, 4) is 6.07 Å². The van der Waals surface area contributed by atoms with E-state index < -0.39 is 0 Å². The summed E-state index contributed by atoms with van der Waals surface area (Å²) >= 11 is 0. The van der Waals surface area contributed by atoms with Gasteiger partial charge < -0.3 is 5.32 Å². The van der Waals surface area contributed by atoms with E-state index in [-0.39, 0.29) is 0 Å². The molecule has 1 rings (SSSR count). The minimum atomic E-state index is 0.471. The zero-order chi connectivity index (χ0) is 9.40. The molecule has 1 heterocycles. The minimum absolute atomic E-state index is 0.471. The van der Waals surface area contributed by atoms with Gasteiger partial charge in [0, 0.05) is 7.05 Å². The first-order valence-corrected chi connectivity index (χ1v) is 3.76. The molecule has 0 aliphatic carbocycles. The molecule has 0 bridgehead atoms. The highest BCUT2D eigenvalue weighted by Gasteiger charge is 1.90. The van der Waals surface area contributed by atoms with Gasteiger partial charge in [0.1, 0.15) is 6.07 Å². The van der Waals surface area contributed by atoms with Crippen molar-refractivity contribution in [2.75, 3.05) is 12.4 Å². The van der Waals surface area contributed by atoms with Crippen LogP contribution in [0.15, 0.2) is 12.4 Å². The molecule has 0 atom stereocenters. The molecule has 0 saturated carbocycles. The van der Waals surface area contributed by atoms with Gasteiger partial charge in [-0.1, -0.05) is 13.8 Å². The Morgan fingerprint density at radius 2 is 1.83 bits per heavy atom. The summed E-state index contributed by atoms with van der Waals surface area (Å²) in [6.07, 6.45) is 2.94. The molecule has 4 nitrogen and oxygen atoms in total. The Morgan fingerprint density at radius 1 is 1.33 bits per heavy atom. The van der Waals surface area contributed by atoms with Gasteiger partial charge in [0.05, 0.1) is 18.0 Å². The first-order valence-electron chi connectivity index (χ1n) is 3.76. The van der Waals surface area contributed by atoms with Gasteiger partial charge in [0.25, 0.3) is 0 Å². The number of aromatic nitrogens is 2. The third kappa shape index (κ3) is 2.97. The summed E-state index contributed by atoms with van der Waals surface area (Å²) < 4.78 is 0. The van der Waals surface area contributed by atoms with Crippen LogP contribution in [0, 0.1) is 11.3 Å². The van der Waals surface area contributed by atoms with Crippen LogP contribution in [-0.4, -0.2) is 17.0 Å². The molecular weight excluding hydrogens is 152 g/mol. The summed E-state index contributed by atoms with van der Waals surface area (Å²) in [5, 5.41) is 11.1. The lowest BCUT2D eigenvalue weighted by molar-refractivity contribution is 1.14. The van der Waals surface area contributed by atoms with Crippen LogP contribution in [0.5, 0.6) is 0 Å². The monoisotopic (exact) mass is 164 g/mol. The van der Waals surface area contributed by atoms with E-state index in [0.717, 1.165) is 0 Å². The van der Waals surface area contributed by atoms with Crippen LogP contribution in [0.3, 0.4) is 0 Å². The van der Waals surface area contributed by atoms with Gasteiger partial charge in [-0.05, 0) is 0 Å². The van der Waals surface area contributed by atoms with E-state index in [4.69, 9.17) is 5.26 Å². The van der Waals surface area contributed by atoms with E-state index in [1.807, 2.05) is 19.9 Å². The van der Waals surface area contributed by atoms with Gasteiger partial charge in [0.15, 0.2) is 0 Å². The second-order valence-electron chi connectivity index (χ2n) is 1.66. The Labute approximate surface area is 72.3 Å². The van der Waals surface area contributed by atoms with Crippen LogP contribution in [-0.2, 0) is 0 Å². The average Bonchev–Trinajstić information content (AvgIpc) is 2.21. The average molecular weight is 164 g/mol. The number of nitrogens with one attached hydrogen (secondary N) is 1. The smallest absolute Gasteiger partial charge is 0.222 e. The molecule has 0 spiro atoms. The highest BCUT2D eigenvalue weighted by Crippen LogP contribution is 1.95. The molecule has 1 aromatic rings. The van der Waals surface area contributed by atoms with Gasteiger partial charge in [-0.2, -0.15) is 5.26 Å². The molecule has 1 aromatic heterocycles. The SMILES string of the molecule is CC.CNc1ncc(C#N)cn1. The summed E-state index contributed by atoms with van der Waals surface area (Å²) in [4.78, 5) is 7.65. The summed E-state index contributed by atoms with van der Waals surface area (Å²) in [6, 6.07) is 1.93. The van der Waals surface area contributed by atoms with Crippen molar-refractivity contribution >= 4 is 5.95 Å². The molecule has 4 heteroatoms. The van der Waals surface area contributed by atoms with E-state index in [2.05, 4.69) is 15.3 Å². The maximum absolute atomic E-state index is 8.35. The van der Waals surface area contributed by atoms with Gasteiger partial charge in [0.2, 0.25) is 5.95 Å². The van der Waals surface area contributed by atoms with Gasteiger partial charge in [-0.25, -0.2) is 9.97 Å². The molecule has 64 valence electrons. The summed E-state index contributed by atoms with van der Waals surface area (Å²) in [5.41, 5.74) is 0.471. The lowest BCUT2D eigenvalue weighted by Gasteiger charge is -1.93. The van der Waals surface area contributed by atoms with Crippen molar-refractivity contribution in [3.05, 3.63) is 18.0 Å². The third-order valence-electron chi connectivity index (χ3n) is 1.00. The topological polar surface area (TPSA) is 61.6 Å². The van der Waals surface area contributed by atoms with Crippen molar-refractivity contribution in [1.82, 2.24) is 9.97 Å². The molecule has 0 radical (unpaired) electrons. The molecule has 0 aliphatic heterocycles. The summed E-state index contributed by atoms with van der Waals surface area (Å²) in [5.74, 6) is 0.527. The maximum Gasteiger partial charge on any atom is 0.222 e. The number of nitrogens with zero attached hydrogens (tertiary/aromatic N) is 3. The van der Waals surface area contributed by atoms with E-state index in [1.54, 1.807) is 7.05 Å². The predicted octanol–water partition coefficient (Wildman–Crippen LogP) is 1.42. The second kappa shape index (κ2) is 6.10. The number of anilines is 1.